The Hall–Kier alpha value is -0.820. The topological polar surface area (TPSA) is 26.0 Å². The molecule has 0 amide bonds. The molecule has 0 radical (unpaired) electrons. The first-order valence-electron chi connectivity index (χ1n) is 5.71. The summed E-state index contributed by atoms with van der Waals surface area (Å²) in [7, 11) is 0. The lowest BCUT2D eigenvalue weighted by Crippen LogP contribution is -2.14. The molecule has 0 bridgehead atoms. The maximum Gasteiger partial charge on any atom is 0.0295 e. The Labute approximate surface area is 93.7 Å². The monoisotopic (exact) mass is 205 g/mol. The molecular weight excluding hydrogens is 182 g/mol. The van der Waals surface area contributed by atoms with Crippen molar-refractivity contribution in [3.05, 3.63) is 35.4 Å². The summed E-state index contributed by atoms with van der Waals surface area (Å²) in [6.07, 6.45) is 2.23. The van der Waals surface area contributed by atoms with E-state index in [0.717, 1.165) is 6.42 Å². The Morgan fingerprint density at radius 3 is 2.47 bits per heavy atom. The van der Waals surface area contributed by atoms with Gasteiger partial charge in [0.05, 0.1) is 0 Å². The summed E-state index contributed by atoms with van der Waals surface area (Å²) in [5, 5.41) is 0. The molecule has 0 aromatic heterocycles. The molecule has 1 unspecified atom stereocenters. The maximum atomic E-state index is 6.17. The van der Waals surface area contributed by atoms with Crippen LogP contribution in [0.25, 0.3) is 0 Å². The van der Waals surface area contributed by atoms with Gasteiger partial charge >= 0.3 is 0 Å². The number of rotatable bonds is 3. The van der Waals surface area contributed by atoms with E-state index >= 15 is 0 Å². The Bertz CT molecular complexity index is 309. The molecule has 0 aliphatic rings. The first-order chi connectivity index (χ1) is 6.88. The molecule has 84 valence electrons. The lowest BCUT2D eigenvalue weighted by Gasteiger charge is -2.21. The van der Waals surface area contributed by atoms with Crippen LogP contribution in [-0.2, 0) is 0 Å². The second kappa shape index (κ2) is 4.80. The van der Waals surface area contributed by atoms with E-state index in [2.05, 4.69) is 52.0 Å². The highest BCUT2D eigenvalue weighted by Gasteiger charge is 2.13. The second-order valence-corrected chi connectivity index (χ2v) is 5.62. The molecule has 0 spiro atoms. The zero-order valence-corrected chi connectivity index (χ0v) is 10.4. The van der Waals surface area contributed by atoms with Crippen molar-refractivity contribution in [2.45, 2.75) is 46.6 Å². The summed E-state index contributed by atoms with van der Waals surface area (Å²) in [6.45, 7) is 8.89. The van der Waals surface area contributed by atoms with E-state index in [9.17, 15) is 0 Å². The van der Waals surface area contributed by atoms with Gasteiger partial charge in [-0.3, -0.25) is 0 Å². The summed E-state index contributed by atoms with van der Waals surface area (Å²) in [5.41, 5.74) is 9.10. The molecule has 1 rings (SSSR count). The Morgan fingerprint density at radius 1 is 1.27 bits per heavy atom. The third-order valence-electron chi connectivity index (χ3n) is 2.68. The minimum atomic E-state index is 0.184. The van der Waals surface area contributed by atoms with Crippen molar-refractivity contribution in [2.75, 3.05) is 0 Å². The predicted molar refractivity (Wildman–Crippen MR) is 66.8 cm³/mol. The zero-order chi connectivity index (χ0) is 11.5. The highest BCUT2D eigenvalue weighted by Crippen LogP contribution is 2.26. The van der Waals surface area contributed by atoms with Gasteiger partial charge in [0, 0.05) is 6.04 Å². The van der Waals surface area contributed by atoms with E-state index in [4.69, 9.17) is 5.73 Å². The van der Waals surface area contributed by atoms with Crippen molar-refractivity contribution in [3.8, 4) is 0 Å². The molecule has 0 aliphatic carbocycles. The van der Waals surface area contributed by atoms with Gasteiger partial charge in [0.15, 0.2) is 0 Å². The molecule has 0 fully saturated rings. The minimum Gasteiger partial charge on any atom is -0.324 e. The SMILES string of the molecule is Cc1cccc(C(N)CCC(C)(C)C)c1. The summed E-state index contributed by atoms with van der Waals surface area (Å²) in [5.74, 6) is 0. The lowest BCUT2D eigenvalue weighted by atomic mass is 9.87. The average molecular weight is 205 g/mol. The van der Waals surface area contributed by atoms with Gasteiger partial charge in [0.2, 0.25) is 0 Å². The third-order valence-corrected chi connectivity index (χ3v) is 2.68. The molecule has 1 heteroatoms. The summed E-state index contributed by atoms with van der Waals surface area (Å²) in [4.78, 5) is 0. The number of aryl methyl sites for hydroxylation is 1. The number of benzene rings is 1. The Kier molecular flexibility index (Phi) is 3.92. The number of hydrogen-bond donors (Lipinski definition) is 1. The molecule has 0 aliphatic heterocycles. The Balaban J connectivity index is 2.58. The van der Waals surface area contributed by atoms with Crippen LogP contribution < -0.4 is 5.73 Å². The van der Waals surface area contributed by atoms with Crippen molar-refractivity contribution in [1.29, 1.82) is 0 Å². The molecule has 1 nitrogen and oxygen atoms in total. The van der Waals surface area contributed by atoms with E-state index in [1.165, 1.54) is 17.5 Å². The molecule has 2 N–H and O–H groups in total. The molecule has 0 saturated heterocycles. The van der Waals surface area contributed by atoms with Crippen LogP contribution in [0.2, 0.25) is 0 Å². The van der Waals surface area contributed by atoms with E-state index in [0.29, 0.717) is 5.41 Å². The van der Waals surface area contributed by atoms with Gasteiger partial charge < -0.3 is 5.73 Å². The van der Waals surface area contributed by atoms with Gasteiger partial charge in [-0.25, -0.2) is 0 Å². The minimum absolute atomic E-state index is 0.184. The summed E-state index contributed by atoms with van der Waals surface area (Å²) >= 11 is 0. The van der Waals surface area contributed by atoms with Crippen molar-refractivity contribution >= 4 is 0 Å². The predicted octanol–water partition coefficient (Wildman–Crippen LogP) is 3.82. The number of nitrogens with two attached hydrogens (primary N) is 1. The smallest absolute Gasteiger partial charge is 0.0295 e. The van der Waals surface area contributed by atoms with Crippen molar-refractivity contribution in [2.24, 2.45) is 11.1 Å². The van der Waals surface area contributed by atoms with Crippen molar-refractivity contribution in [3.63, 3.8) is 0 Å². The van der Waals surface area contributed by atoms with Gasteiger partial charge in [0.25, 0.3) is 0 Å². The van der Waals surface area contributed by atoms with Gasteiger partial charge in [-0.2, -0.15) is 0 Å². The number of hydrogen-bond acceptors (Lipinski definition) is 1. The fraction of sp³-hybridized carbons (Fsp3) is 0.571. The molecule has 1 atom stereocenters. The highest BCUT2D eigenvalue weighted by atomic mass is 14.6. The zero-order valence-electron chi connectivity index (χ0n) is 10.4. The summed E-state index contributed by atoms with van der Waals surface area (Å²) < 4.78 is 0. The van der Waals surface area contributed by atoms with Crippen LogP contribution in [0.4, 0.5) is 0 Å². The fourth-order valence-corrected chi connectivity index (χ4v) is 1.66. The van der Waals surface area contributed by atoms with Crippen LogP contribution in [0, 0.1) is 12.3 Å². The van der Waals surface area contributed by atoms with Crippen molar-refractivity contribution < 1.29 is 0 Å². The van der Waals surface area contributed by atoms with Crippen LogP contribution in [0.15, 0.2) is 24.3 Å². The van der Waals surface area contributed by atoms with E-state index in [1.807, 2.05) is 0 Å². The molecular formula is C14H23N. The third kappa shape index (κ3) is 4.48. The van der Waals surface area contributed by atoms with E-state index in [1.54, 1.807) is 0 Å². The first-order valence-corrected chi connectivity index (χ1v) is 5.71. The Morgan fingerprint density at radius 2 is 1.93 bits per heavy atom. The second-order valence-electron chi connectivity index (χ2n) is 5.62. The van der Waals surface area contributed by atoms with Crippen LogP contribution in [-0.4, -0.2) is 0 Å². The van der Waals surface area contributed by atoms with Crippen LogP contribution in [0.5, 0.6) is 0 Å². The van der Waals surface area contributed by atoms with Crippen LogP contribution >= 0.6 is 0 Å². The first kappa shape index (κ1) is 12.3. The summed E-state index contributed by atoms with van der Waals surface area (Å²) in [6, 6.07) is 8.69. The van der Waals surface area contributed by atoms with Crippen LogP contribution in [0.3, 0.4) is 0 Å². The maximum absolute atomic E-state index is 6.17. The van der Waals surface area contributed by atoms with Gasteiger partial charge in [-0.1, -0.05) is 50.6 Å². The molecule has 0 heterocycles. The fourth-order valence-electron chi connectivity index (χ4n) is 1.66. The lowest BCUT2D eigenvalue weighted by molar-refractivity contribution is 0.350. The standard InChI is InChI=1S/C14H23N/c1-11-6-5-7-12(10-11)13(15)8-9-14(2,3)4/h5-7,10,13H,8-9,15H2,1-4H3. The van der Waals surface area contributed by atoms with E-state index in [-0.39, 0.29) is 6.04 Å². The van der Waals surface area contributed by atoms with Gasteiger partial charge in [-0.15, -0.1) is 0 Å². The van der Waals surface area contributed by atoms with Gasteiger partial charge in [-0.05, 0) is 30.7 Å². The molecule has 0 saturated carbocycles. The largest absolute Gasteiger partial charge is 0.324 e. The highest BCUT2D eigenvalue weighted by molar-refractivity contribution is 5.24. The normalized spacial score (nSPS) is 13.9. The van der Waals surface area contributed by atoms with Crippen LogP contribution in [0.1, 0.15) is 50.8 Å². The molecule has 1 aromatic carbocycles. The van der Waals surface area contributed by atoms with Gasteiger partial charge in [0.1, 0.15) is 0 Å². The van der Waals surface area contributed by atoms with Crippen molar-refractivity contribution in [1.82, 2.24) is 0 Å². The van der Waals surface area contributed by atoms with E-state index < -0.39 is 0 Å². The molecule has 15 heavy (non-hydrogen) atoms. The molecule has 1 aromatic rings. The quantitative estimate of drug-likeness (QED) is 0.797. The average Bonchev–Trinajstić information content (AvgIpc) is 2.13.